The Morgan fingerprint density at radius 3 is 2.71 bits per heavy atom. The van der Waals surface area contributed by atoms with Crippen molar-refractivity contribution in [2.24, 2.45) is 0 Å². The molecular formula is C13H20BNO2. The lowest BCUT2D eigenvalue weighted by Crippen LogP contribution is -2.29. The van der Waals surface area contributed by atoms with Crippen LogP contribution in [0.4, 0.5) is 0 Å². The lowest BCUT2D eigenvalue weighted by molar-refractivity contribution is -0.0473. The Morgan fingerprint density at radius 2 is 2.12 bits per heavy atom. The molecule has 1 aromatic heterocycles. The third kappa shape index (κ3) is 2.88. The first-order chi connectivity index (χ1) is 8.22. The Labute approximate surface area is 104 Å². The third-order valence-electron chi connectivity index (χ3n) is 3.29. The quantitative estimate of drug-likeness (QED) is 0.747. The minimum atomic E-state index is -0.260. The van der Waals surface area contributed by atoms with Crippen molar-refractivity contribution >= 4 is 12.2 Å². The second-order valence-corrected chi connectivity index (χ2v) is 4.73. The van der Waals surface area contributed by atoms with Crippen molar-refractivity contribution in [1.29, 1.82) is 0 Å². The molecule has 1 fully saturated rings. The van der Waals surface area contributed by atoms with Crippen LogP contribution in [-0.4, -0.2) is 24.9 Å². The van der Waals surface area contributed by atoms with E-state index in [9.17, 15) is 0 Å². The van der Waals surface area contributed by atoms with E-state index in [4.69, 9.17) is 9.47 Å². The Kier molecular flexibility index (Phi) is 4.18. The van der Waals surface area contributed by atoms with Gasteiger partial charge in [0.25, 0.3) is 0 Å². The first-order valence-corrected chi connectivity index (χ1v) is 6.42. The number of rotatable bonds is 4. The van der Waals surface area contributed by atoms with Gasteiger partial charge < -0.3 is 9.47 Å². The molecule has 1 aliphatic rings. The van der Waals surface area contributed by atoms with E-state index < -0.39 is 0 Å². The summed E-state index contributed by atoms with van der Waals surface area (Å²) in [5, 5.41) is 0. The van der Waals surface area contributed by atoms with Gasteiger partial charge in [0.15, 0.2) is 6.71 Å². The molecule has 2 rings (SSSR count). The maximum Gasteiger partial charge on any atom is 0.201 e. The number of ether oxygens (including phenoxy) is 2. The maximum absolute atomic E-state index is 5.46. The molecule has 0 N–H and O–H groups in total. The number of aryl methyl sites for hydroxylation is 1. The van der Waals surface area contributed by atoms with Crippen molar-refractivity contribution in [2.75, 3.05) is 13.2 Å². The van der Waals surface area contributed by atoms with Crippen molar-refractivity contribution in [3.8, 4) is 0 Å². The van der Waals surface area contributed by atoms with Crippen LogP contribution in [0.25, 0.3) is 0 Å². The molecule has 0 amide bonds. The van der Waals surface area contributed by atoms with E-state index in [1.807, 2.05) is 6.20 Å². The summed E-state index contributed by atoms with van der Waals surface area (Å²) in [6.45, 7) is 8.52. The van der Waals surface area contributed by atoms with E-state index in [0.717, 1.165) is 5.69 Å². The summed E-state index contributed by atoms with van der Waals surface area (Å²) < 4.78 is 10.9. The molecule has 0 bridgehead atoms. The fraction of sp³-hybridized carbons (Fsp3) is 0.615. The zero-order valence-corrected chi connectivity index (χ0v) is 10.9. The summed E-state index contributed by atoms with van der Waals surface area (Å²) in [6, 6.07) is 2.09. The Balaban J connectivity index is 2.16. The predicted molar refractivity (Wildman–Crippen MR) is 70.0 cm³/mol. The van der Waals surface area contributed by atoms with Gasteiger partial charge in [0, 0.05) is 6.20 Å². The van der Waals surface area contributed by atoms with Crippen LogP contribution >= 0.6 is 0 Å². The fourth-order valence-electron chi connectivity index (χ4n) is 2.35. The van der Waals surface area contributed by atoms with Crippen LogP contribution in [0.1, 0.15) is 30.9 Å². The first kappa shape index (κ1) is 12.6. The van der Waals surface area contributed by atoms with Gasteiger partial charge in [-0.05, 0) is 13.0 Å². The van der Waals surface area contributed by atoms with Gasteiger partial charge in [-0.1, -0.05) is 37.5 Å². The van der Waals surface area contributed by atoms with E-state index in [-0.39, 0.29) is 6.29 Å². The first-order valence-electron chi connectivity index (χ1n) is 6.42. The van der Waals surface area contributed by atoms with Crippen molar-refractivity contribution in [1.82, 2.24) is 4.98 Å². The van der Waals surface area contributed by atoms with Crippen molar-refractivity contribution in [2.45, 2.75) is 39.7 Å². The van der Waals surface area contributed by atoms with E-state index in [2.05, 4.69) is 31.7 Å². The number of aromatic nitrogens is 1. The maximum atomic E-state index is 5.46. The van der Waals surface area contributed by atoms with Gasteiger partial charge in [-0.15, -0.1) is 0 Å². The summed E-state index contributed by atoms with van der Waals surface area (Å²) in [5.74, 6) is 0. The highest BCUT2D eigenvalue weighted by Crippen LogP contribution is 2.21. The van der Waals surface area contributed by atoms with Gasteiger partial charge in [0.1, 0.15) is 0 Å². The molecule has 1 saturated heterocycles. The third-order valence-corrected chi connectivity index (χ3v) is 3.29. The van der Waals surface area contributed by atoms with E-state index in [1.54, 1.807) is 0 Å². The smallest absolute Gasteiger partial charge is 0.201 e. The highest BCUT2D eigenvalue weighted by atomic mass is 16.7. The minimum absolute atomic E-state index is 0.260. The molecule has 0 atom stereocenters. The Hall–Kier alpha value is -0.865. The van der Waals surface area contributed by atoms with Gasteiger partial charge in [0.05, 0.1) is 18.9 Å². The van der Waals surface area contributed by atoms with Crippen LogP contribution in [0.15, 0.2) is 12.3 Å². The normalized spacial score (nSPS) is 16.4. The highest BCUT2D eigenvalue weighted by Gasteiger charge is 2.21. The van der Waals surface area contributed by atoms with E-state index >= 15 is 0 Å². The average Bonchev–Trinajstić information content (AvgIpc) is 2.82. The zero-order valence-electron chi connectivity index (χ0n) is 10.9. The van der Waals surface area contributed by atoms with E-state index in [1.165, 1.54) is 23.8 Å². The highest BCUT2D eigenvalue weighted by molar-refractivity contribution is 6.72. The van der Waals surface area contributed by atoms with Crippen LogP contribution in [0.5, 0.6) is 0 Å². The predicted octanol–water partition coefficient (Wildman–Crippen LogP) is 2.18. The molecule has 1 aliphatic heterocycles. The summed E-state index contributed by atoms with van der Waals surface area (Å²) in [6.07, 6.45) is 4.13. The number of hydrogen-bond acceptors (Lipinski definition) is 3. The number of pyridine rings is 1. The summed E-state index contributed by atoms with van der Waals surface area (Å²) >= 11 is 0. The average molecular weight is 233 g/mol. The van der Waals surface area contributed by atoms with Crippen molar-refractivity contribution in [3.63, 3.8) is 0 Å². The molecule has 2 heterocycles. The summed E-state index contributed by atoms with van der Waals surface area (Å²) in [5.41, 5.74) is 3.52. The molecule has 17 heavy (non-hydrogen) atoms. The number of hydrogen-bond donors (Lipinski definition) is 0. The molecule has 4 heteroatoms. The van der Waals surface area contributed by atoms with Crippen LogP contribution in [-0.2, 0) is 9.47 Å². The molecule has 0 aromatic carbocycles. The molecule has 0 saturated carbocycles. The van der Waals surface area contributed by atoms with Gasteiger partial charge in [-0.25, -0.2) is 0 Å². The SMILES string of the molecule is CCCB(C)c1cnc(C2OCCO2)cc1C. The summed E-state index contributed by atoms with van der Waals surface area (Å²) in [4.78, 5) is 4.47. The lowest BCUT2D eigenvalue weighted by Gasteiger charge is -2.14. The Morgan fingerprint density at radius 1 is 1.41 bits per heavy atom. The molecule has 0 spiro atoms. The molecule has 0 unspecified atom stereocenters. The van der Waals surface area contributed by atoms with Gasteiger partial charge in [0.2, 0.25) is 6.29 Å². The second kappa shape index (κ2) is 5.65. The second-order valence-electron chi connectivity index (χ2n) is 4.73. The van der Waals surface area contributed by atoms with E-state index in [0.29, 0.717) is 19.9 Å². The topological polar surface area (TPSA) is 31.4 Å². The largest absolute Gasteiger partial charge is 0.345 e. The monoisotopic (exact) mass is 233 g/mol. The zero-order chi connectivity index (χ0) is 12.3. The Bertz CT molecular complexity index is 378. The molecule has 1 aromatic rings. The van der Waals surface area contributed by atoms with Crippen molar-refractivity contribution < 1.29 is 9.47 Å². The molecule has 0 radical (unpaired) electrons. The lowest BCUT2D eigenvalue weighted by atomic mass is 9.44. The molecule has 92 valence electrons. The van der Waals surface area contributed by atoms with Crippen LogP contribution in [0, 0.1) is 6.92 Å². The van der Waals surface area contributed by atoms with Crippen LogP contribution in [0.3, 0.4) is 0 Å². The van der Waals surface area contributed by atoms with Crippen molar-refractivity contribution in [3.05, 3.63) is 23.5 Å². The fourth-order valence-corrected chi connectivity index (χ4v) is 2.35. The molecular weight excluding hydrogens is 213 g/mol. The van der Waals surface area contributed by atoms with Gasteiger partial charge >= 0.3 is 0 Å². The summed E-state index contributed by atoms with van der Waals surface area (Å²) in [7, 11) is 0. The standard InChI is InChI=1S/C13H20BNO2/c1-4-5-14(3)11-9-15-12(8-10(11)2)13-16-6-7-17-13/h8-9,13H,4-7H2,1-3H3. The minimum Gasteiger partial charge on any atom is -0.345 e. The van der Waals surface area contributed by atoms with Crippen LogP contribution < -0.4 is 5.46 Å². The molecule has 0 aliphatic carbocycles. The molecule has 3 nitrogen and oxygen atoms in total. The number of nitrogens with zero attached hydrogens (tertiary/aromatic N) is 1. The van der Waals surface area contributed by atoms with Gasteiger partial charge in [-0.2, -0.15) is 0 Å². The van der Waals surface area contributed by atoms with Crippen LogP contribution in [0.2, 0.25) is 13.1 Å². The van der Waals surface area contributed by atoms with Gasteiger partial charge in [-0.3, -0.25) is 4.98 Å².